The van der Waals surface area contributed by atoms with Crippen molar-refractivity contribution in [3.05, 3.63) is 50.8 Å². The highest BCUT2D eigenvalue weighted by molar-refractivity contribution is 7.15. The van der Waals surface area contributed by atoms with E-state index < -0.39 is 43.8 Å². The Kier molecular flexibility index (Phi) is 6.89. The topological polar surface area (TPSA) is 92.7 Å². The van der Waals surface area contributed by atoms with Crippen LogP contribution in [0.15, 0.2) is 39.7 Å². The van der Waals surface area contributed by atoms with E-state index in [9.17, 15) is 19.5 Å². The van der Waals surface area contributed by atoms with E-state index in [0.29, 0.717) is 11.1 Å². The average molecular weight is 618 g/mol. The molecule has 186 valence electrons. The summed E-state index contributed by atoms with van der Waals surface area (Å²) in [4.78, 5) is 34.2. The quantitative estimate of drug-likeness (QED) is 0.291. The van der Waals surface area contributed by atoms with E-state index in [0.717, 1.165) is 16.9 Å². The molecular weight excluding hydrogens is 603 g/mol. The molecule has 1 saturated carbocycles. The lowest BCUT2D eigenvalue weighted by Crippen LogP contribution is -2.47. The lowest BCUT2D eigenvalue weighted by molar-refractivity contribution is -0.146. The van der Waals surface area contributed by atoms with Gasteiger partial charge in [-0.2, -0.15) is 0 Å². The summed E-state index contributed by atoms with van der Waals surface area (Å²) in [5.74, 6) is -6.50. The van der Waals surface area contributed by atoms with Gasteiger partial charge in [0.15, 0.2) is 4.33 Å². The number of carboxylic acid groups (broad SMARTS) is 1. The molecule has 2 N–H and O–H groups in total. The van der Waals surface area contributed by atoms with Gasteiger partial charge < -0.3 is 15.2 Å². The van der Waals surface area contributed by atoms with Crippen LogP contribution in [0.25, 0.3) is 11.1 Å². The second-order valence-electron chi connectivity index (χ2n) is 8.12. The largest absolute Gasteiger partial charge is 0.481 e. The predicted octanol–water partition coefficient (Wildman–Crippen LogP) is 6.61. The first-order chi connectivity index (χ1) is 16.2. The van der Waals surface area contributed by atoms with Gasteiger partial charge in [-0.25, -0.2) is 4.79 Å². The summed E-state index contributed by atoms with van der Waals surface area (Å²) >= 11 is 39.8. The Balaban J connectivity index is 1.80. The second kappa shape index (κ2) is 8.98. The van der Waals surface area contributed by atoms with Crippen LogP contribution in [0.5, 0.6) is 0 Å². The summed E-state index contributed by atoms with van der Waals surface area (Å²) in [7, 11) is 1.20. The molecule has 0 spiro atoms. The Morgan fingerprint density at radius 1 is 1.00 bits per heavy atom. The number of fused-ring (bicyclic) bond motifs is 2. The predicted molar refractivity (Wildman–Crippen MR) is 139 cm³/mol. The zero-order valence-corrected chi connectivity index (χ0v) is 23.1. The second-order valence-corrected chi connectivity index (χ2v) is 12.3. The number of methoxy groups -OCH3 is 1. The summed E-state index contributed by atoms with van der Waals surface area (Å²) in [6.07, 6.45) is 0. The van der Waals surface area contributed by atoms with Gasteiger partial charge in [-0.1, -0.05) is 76.2 Å². The molecule has 0 radical (unpaired) electrons. The summed E-state index contributed by atoms with van der Waals surface area (Å²) in [6, 6.07) is 7.38. The fourth-order valence-electron chi connectivity index (χ4n) is 4.52. The van der Waals surface area contributed by atoms with Gasteiger partial charge in [-0.15, -0.1) is 34.5 Å². The smallest absolute Gasteiger partial charge is 0.341 e. The van der Waals surface area contributed by atoms with Crippen LogP contribution >= 0.6 is 80.9 Å². The number of alkyl halides is 4. The molecular formula is C22H15Cl6NO5S. The molecule has 1 aromatic carbocycles. The fourth-order valence-corrected chi connectivity index (χ4v) is 8.41. The third-order valence-electron chi connectivity index (χ3n) is 6.26. The van der Waals surface area contributed by atoms with Gasteiger partial charge in [0.2, 0.25) is 5.91 Å². The first-order valence-electron chi connectivity index (χ1n) is 9.87. The molecule has 1 heterocycles. The van der Waals surface area contributed by atoms with E-state index in [1.165, 1.54) is 7.11 Å². The number of ether oxygens (including phenoxy) is 1. The Morgan fingerprint density at radius 3 is 2.06 bits per heavy atom. The third kappa shape index (κ3) is 3.54. The third-order valence-corrected chi connectivity index (χ3v) is 11.4. The van der Waals surface area contributed by atoms with Crippen LogP contribution in [0.1, 0.15) is 15.9 Å². The number of carboxylic acids is 1. The number of nitrogens with one attached hydrogen (secondary N) is 1. The minimum absolute atomic E-state index is 0.0802. The molecule has 2 aromatic rings. The number of aryl methyl sites for hydroxylation is 1. The minimum atomic E-state index is -2.24. The number of allylic oxidation sites excluding steroid dienone is 2. The monoisotopic (exact) mass is 615 g/mol. The van der Waals surface area contributed by atoms with Crippen LogP contribution in [0.2, 0.25) is 0 Å². The molecule has 6 nitrogen and oxygen atoms in total. The Labute approximate surface area is 234 Å². The molecule has 0 saturated heterocycles. The maximum Gasteiger partial charge on any atom is 0.341 e. The minimum Gasteiger partial charge on any atom is -0.481 e. The van der Waals surface area contributed by atoms with Crippen LogP contribution in [-0.2, 0) is 14.3 Å². The summed E-state index contributed by atoms with van der Waals surface area (Å²) in [5, 5.41) is 13.6. The highest BCUT2D eigenvalue weighted by Crippen LogP contribution is 2.76. The summed E-state index contributed by atoms with van der Waals surface area (Å²) in [6.45, 7) is 1.92. The van der Waals surface area contributed by atoms with Gasteiger partial charge in [-0.05, 0) is 12.5 Å². The number of benzene rings is 1. The van der Waals surface area contributed by atoms with Crippen molar-refractivity contribution < 1.29 is 24.2 Å². The zero-order chi connectivity index (χ0) is 26.1. The SMILES string of the molecule is COC(=O)c1c(-c2ccc(C)cc2)csc1NC(=O)[C@H]1[C@H](C(=O)O)[C@@]2(Cl)C(Cl)=C(Cl)[C@@]1(Cl)C2(Cl)Cl. The van der Waals surface area contributed by atoms with Crippen molar-refractivity contribution in [3.8, 4) is 11.1 Å². The highest BCUT2D eigenvalue weighted by atomic mass is 35.5. The van der Waals surface area contributed by atoms with Gasteiger partial charge in [0, 0.05) is 10.9 Å². The molecule has 4 atom stereocenters. The molecule has 4 rings (SSSR count). The Bertz CT molecular complexity index is 1290. The van der Waals surface area contributed by atoms with E-state index in [1.807, 2.05) is 31.2 Å². The summed E-state index contributed by atoms with van der Waals surface area (Å²) in [5.41, 5.74) is 2.32. The maximum absolute atomic E-state index is 13.6. The van der Waals surface area contributed by atoms with Gasteiger partial charge in [0.25, 0.3) is 0 Å². The molecule has 0 unspecified atom stereocenters. The van der Waals surface area contributed by atoms with Crippen LogP contribution in [0.4, 0.5) is 5.00 Å². The zero-order valence-electron chi connectivity index (χ0n) is 17.8. The number of carbonyl (C=O) groups is 3. The molecule has 0 aliphatic heterocycles. The van der Waals surface area contributed by atoms with E-state index in [2.05, 4.69) is 5.32 Å². The van der Waals surface area contributed by atoms with Crippen LogP contribution in [-0.4, -0.2) is 44.1 Å². The Hall–Kier alpha value is -1.19. The standard InChI is InChI=1S/C22H15Cl6NO5S/c1-8-3-5-9(6-4-8)10-7-35-17(11(10)19(33)34-2)29-16(30)12-13(18(31)32)21(26)15(24)14(23)20(12,25)22(21,27)28/h3-7,12-13H,1-2H3,(H,29,30)(H,31,32)/t12-,13-,20-,21-/m1/s1. The van der Waals surface area contributed by atoms with E-state index >= 15 is 0 Å². The molecule has 2 aliphatic carbocycles. The normalized spacial score (nSPS) is 28.8. The number of carbonyl (C=O) groups excluding carboxylic acids is 2. The molecule has 1 amide bonds. The molecule has 2 bridgehead atoms. The molecule has 1 fully saturated rings. The highest BCUT2D eigenvalue weighted by Gasteiger charge is 2.85. The van der Waals surface area contributed by atoms with Crippen molar-refractivity contribution in [2.24, 2.45) is 11.8 Å². The number of esters is 1. The molecule has 1 aromatic heterocycles. The summed E-state index contributed by atoms with van der Waals surface area (Å²) < 4.78 is 2.68. The number of amides is 1. The number of aliphatic carboxylic acids is 1. The van der Waals surface area contributed by atoms with Gasteiger partial charge in [0.1, 0.15) is 20.3 Å². The van der Waals surface area contributed by atoms with Crippen molar-refractivity contribution in [3.63, 3.8) is 0 Å². The van der Waals surface area contributed by atoms with E-state index in [1.54, 1.807) is 5.38 Å². The number of hydrogen-bond donors (Lipinski definition) is 2. The van der Waals surface area contributed by atoms with Crippen LogP contribution in [0.3, 0.4) is 0 Å². The fraction of sp³-hybridized carbons (Fsp3) is 0.318. The van der Waals surface area contributed by atoms with E-state index in [-0.39, 0.29) is 20.6 Å². The van der Waals surface area contributed by atoms with Crippen molar-refractivity contribution >= 4 is 104 Å². The number of hydrogen-bond acceptors (Lipinski definition) is 5. The lowest BCUT2D eigenvalue weighted by Gasteiger charge is -2.33. The lowest BCUT2D eigenvalue weighted by atomic mass is 9.81. The molecule has 35 heavy (non-hydrogen) atoms. The van der Waals surface area contributed by atoms with Crippen molar-refractivity contribution in [1.29, 1.82) is 0 Å². The molecule has 13 heteroatoms. The van der Waals surface area contributed by atoms with Gasteiger partial charge in [-0.3, -0.25) is 9.59 Å². The van der Waals surface area contributed by atoms with Gasteiger partial charge in [0.05, 0.1) is 29.0 Å². The van der Waals surface area contributed by atoms with Crippen molar-refractivity contribution in [2.45, 2.75) is 21.0 Å². The number of thiophene rings is 1. The van der Waals surface area contributed by atoms with E-state index in [4.69, 9.17) is 74.3 Å². The average Bonchev–Trinajstić information content (AvgIpc) is 3.30. The number of halogens is 6. The Morgan fingerprint density at radius 2 is 1.54 bits per heavy atom. The van der Waals surface area contributed by atoms with Crippen LogP contribution in [0, 0.1) is 18.8 Å². The first kappa shape index (κ1) is 26.9. The number of anilines is 1. The van der Waals surface area contributed by atoms with Crippen LogP contribution < -0.4 is 5.32 Å². The van der Waals surface area contributed by atoms with Gasteiger partial charge >= 0.3 is 11.9 Å². The number of rotatable bonds is 5. The maximum atomic E-state index is 13.6. The molecule has 2 aliphatic rings. The van der Waals surface area contributed by atoms with Crippen molar-refractivity contribution in [2.75, 3.05) is 12.4 Å². The first-order valence-corrected chi connectivity index (χ1v) is 13.0. The van der Waals surface area contributed by atoms with Crippen molar-refractivity contribution in [1.82, 2.24) is 0 Å².